The van der Waals surface area contributed by atoms with Gasteiger partial charge in [-0.1, -0.05) is 6.92 Å². The first-order chi connectivity index (χ1) is 5.24. The standard InChI is InChI=1S/C7H14N2OS/c1-2-6-5-9(7(8)10)3-4-11-6/h6H,2-5H2,1H3,(H2,8,10). The van der Waals surface area contributed by atoms with Crippen LogP contribution in [0.3, 0.4) is 0 Å². The molecule has 0 aliphatic carbocycles. The number of hydrogen-bond donors (Lipinski definition) is 1. The minimum Gasteiger partial charge on any atom is -0.351 e. The Hall–Kier alpha value is -0.380. The maximum absolute atomic E-state index is 10.8. The van der Waals surface area contributed by atoms with Crippen molar-refractivity contribution in [3.63, 3.8) is 0 Å². The van der Waals surface area contributed by atoms with E-state index in [0.717, 1.165) is 25.3 Å². The number of urea groups is 1. The largest absolute Gasteiger partial charge is 0.351 e. The van der Waals surface area contributed by atoms with Crippen molar-refractivity contribution in [2.75, 3.05) is 18.8 Å². The van der Waals surface area contributed by atoms with Crippen molar-refractivity contribution in [1.29, 1.82) is 0 Å². The summed E-state index contributed by atoms with van der Waals surface area (Å²) in [6, 6.07) is -0.274. The SMILES string of the molecule is CCC1CN(C(N)=O)CCS1. The molecule has 2 N–H and O–H groups in total. The van der Waals surface area contributed by atoms with Crippen LogP contribution in [-0.4, -0.2) is 35.0 Å². The van der Waals surface area contributed by atoms with Crippen LogP contribution in [0, 0.1) is 0 Å². The summed E-state index contributed by atoms with van der Waals surface area (Å²) in [6.45, 7) is 3.79. The van der Waals surface area contributed by atoms with E-state index in [1.165, 1.54) is 0 Å². The molecule has 0 aromatic rings. The Morgan fingerprint density at radius 3 is 3.09 bits per heavy atom. The van der Waals surface area contributed by atoms with Crippen LogP contribution in [-0.2, 0) is 0 Å². The molecule has 2 amide bonds. The molecule has 0 spiro atoms. The van der Waals surface area contributed by atoms with Gasteiger partial charge in [0.15, 0.2) is 0 Å². The first-order valence-corrected chi connectivity index (χ1v) is 4.95. The molecular formula is C7H14N2OS. The van der Waals surface area contributed by atoms with Crippen molar-refractivity contribution in [2.45, 2.75) is 18.6 Å². The van der Waals surface area contributed by atoms with Gasteiger partial charge >= 0.3 is 6.03 Å². The fourth-order valence-corrected chi connectivity index (χ4v) is 2.35. The number of nitrogens with two attached hydrogens (primary N) is 1. The molecule has 1 rings (SSSR count). The maximum Gasteiger partial charge on any atom is 0.314 e. The lowest BCUT2D eigenvalue weighted by atomic mass is 10.3. The zero-order valence-electron chi connectivity index (χ0n) is 6.75. The number of carbonyl (C=O) groups excluding carboxylic acids is 1. The molecule has 1 aliphatic heterocycles. The number of hydrogen-bond acceptors (Lipinski definition) is 2. The van der Waals surface area contributed by atoms with Crippen LogP contribution in [0.2, 0.25) is 0 Å². The lowest BCUT2D eigenvalue weighted by molar-refractivity contribution is 0.209. The molecule has 1 aliphatic rings. The summed E-state index contributed by atoms with van der Waals surface area (Å²) < 4.78 is 0. The third-order valence-electron chi connectivity index (χ3n) is 1.91. The van der Waals surface area contributed by atoms with Gasteiger partial charge in [-0.05, 0) is 6.42 Å². The molecule has 1 saturated heterocycles. The fraction of sp³-hybridized carbons (Fsp3) is 0.857. The van der Waals surface area contributed by atoms with Gasteiger partial charge in [-0.15, -0.1) is 0 Å². The Morgan fingerprint density at radius 1 is 1.82 bits per heavy atom. The van der Waals surface area contributed by atoms with E-state index >= 15 is 0 Å². The Morgan fingerprint density at radius 2 is 2.55 bits per heavy atom. The highest BCUT2D eigenvalue weighted by atomic mass is 32.2. The Labute approximate surface area is 71.3 Å². The Bertz CT molecular complexity index is 151. The highest BCUT2D eigenvalue weighted by Crippen LogP contribution is 2.20. The highest BCUT2D eigenvalue weighted by molar-refractivity contribution is 8.00. The molecule has 64 valence electrons. The van der Waals surface area contributed by atoms with Crippen LogP contribution < -0.4 is 5.73 Å². The van der Waals surface area contributed by atoms with Crippen molar-refractivity contribution in [1.82, 2.24) is 4.90 Å². The molecule has 1 atom stereocenters. The molecule has 0 bridgehead atoms. The van der Waals surface area contributed by atoms with E-state index < -0.39 is 0 Å². The van der Waals surface area contributed by atoms with Gasteiger partial charge in [0, 0.05) is 24.1 Å². The quantitative estimate of drug-likeness (QED) is 0.641. The lowest BCUT2D eigenvalue weighted by Gasteiger charge is -2.30. The van der Waals surface area contributed by atoms with E-state index in [1.54, 1.807) is 4.90 Å². The molecule has 1 unspecified atom stereocenters. The van der Waals surface area contributed by atoms with Gasteiger partial charge in [0.1, 0.15) is 0 Å². The van der Waals surface area contributed by atoms with Crippen LogP contribution in [0.25, 0.3) is 0 Å². The summed E-state index contributed by atoms with van der Waals surface area (Å²) in [4.78, 5) is 12.5. The highest BCUT2D eigenvalue weighted by Gasteiger charge is 2.20. The summed E-state index contributed by atoms with van der Waals surface area (Å²) in [5.41, 5.74) is 5.16. The van der Waals surface area contributed by atoms with E-state index in [0.29, 0.717) is 5.25 Å². The summed E-state index contributed by atoms with van der Waals surface area (Å²) in [6.07, 6.45) is 1.12. The number of amides is 2. The van der Waals surface area contributed by atoms with Crippen LogP contribution in [0.1, 0.15) is 13.3 Å². The minimum absolute atomic E-state index is 0.274. The molecule has 0 saturated carbocycles. The molecule has 1 fully saturated rings. The van der Waals surface area contributed by atoms with E-state index in [-0.39, 0.29) is 6.03 Å². The summed E-state index contributed by atoms with van der Waals surface area (Å²) >= 11 is 1.93. The third kappa shape index (κ3) is 2.29. The van der Waals surface area contributed by atoms with Crippen LogP contribution in [0.5, 0.6) is 0 Å². The van der Waals surface area contributed by atoms with E-state index in [2.05, 4.69) is 6.92 Å². The Kier molecular flexibility index (Phi) is 3.05. The topological polar surface area (TPSA) is 46.3 Å². The molecule has 4 heteroatoms. The minimum atomic E-state index is -0.274. The molecule has 0 aromatic heterocycles. The number of carbonyl (C=O) groups is 1. The second-order valence-electron chi connectivity index (χ2n) is 2.69. The molecule has 3 nitrogen and oxygen atoms in total. The summed E-state index contributed by atoms with van der Waals surface area (Å²) in [7, 11) is 0. The van der Waals surface area contributed by atoms with Crippen LogP contribution in [0.4, 0.5) is 4.79 Å². The summed E-state index contributed by atoms with van der Waals surface area (Å²) in [5.74, 6) is 1.03. The molecule has 11 heavy (non-hydrogen) atoms. The normalized spacial score (nSPS) is 25.2. The van der Waals surface area contributed by atoms with Crippen LogP contribution in [0.15, 0.2) is 0 Å². The van der Waals surface area contributed by atoms with Gasteiger partial charge in [0.2, 0.25) is 0 Å². The molecular weight excluding hydrogens is 160 g/mol. The van der Waals surface area contributed by atoms with Gasteiger partial charge in [-0.3, -0.25) is 0 Å². The lowest BCUT2D eigenvalue weighted by Crippen LogP contribution is -2.44. The second kappa shape index (κ2) is 3.85. The van der Waals surface area contributed by atoms with E-state index in [1.807, 2.05) is 11.8 Å². The van der Waals surface area contributed by atoms with E-state index in [9.17, 15) is 4.79 Å². The molecule has 0 radical (unpaired) electrons. The van der Waals surface area contributed by atoms with Gasteiger partial charge < -0.3 is 10.6 Å². The Balaban J connectivity index is 2.39. The predicted octanol–water partition coefficient (Wildman–Crippen LogP) is 0.893. The van der Waals surface area contributed by atoms with E-state index in [4.69, 9.17) is 5.73 Å². The van der Waals surface area contributed by atoms with Crippen LogP contribution >= 0.6 is 11.8 Å². The fourth-order valence-electron chi connectivity index (χ4n) is 1.17. The van der Waals surface area contributed by atoms with Crippen molar-refractivity contribution in [3.8, 4) is 0 Å². The van der Waals surface area contributed by atoms with Gasteiger partial charge in [-0.25, -0.2) is 4.79 Å². The number of rotatable bonds is 1. The zero-order valence-corrected chi connectivity index (χ0v) is 7.56. The third-order valence-corrected chi connectivity index (χ3v) is 3.28. The summed E-state index contributed by atoms with van der Waals surface area (Å²) in [5, 5.41) is 0.594. The van der Waals surface area contributed by atoms with Crippen molar-refractivity contribution in [2.24, 2.45) is 5.73 Å². The number of nitrogens with zero attached hydrogens (tertiary/aromatic N) is 1. The monoisotopic (exact) mass is 174 g/mol. The zero-order chi connectivity index (χ0) is 8.27. The van der Waals surface area contributed by atoms with Crippen molar-refractivity contribution < 1.29 is 4.79 Å². The average molecular weight is 174 g/mol. The molecule has 1 heterocycles. The molecule has 0 aromatic carbocycles. The number of primary amides is 1. The first-order valence-electron chi connectivity index (χ1n) is 3.90. The van der Waals surface area contributed by atoms with Gasteiger partial charge in [-0.2, -0.15) is 11.8 Å². The average Bonchev–Trinajstić information content (AvgIpc) is 2.05. The van der Waals surface area contributed by atoms with Crippen molar-refractivity contribution >= 4 is 17.8 Å². The predicted molar refractivity (Wildman–Crippen MR) is 47.7 cm³/mol. The van der Waals surface area contributed by atoms with Gasteiger partial charge in [0.25, 0.3) is 0 Å². The smallest absolute Gasteiger partial charge is 0.314 e. The van der Waals surface area contributed by atoms with Crippen molar-refractivity contribution in [3.05, 3.63) is 0 Å². The first kappa shape index (κ1) is 8.71. The second-order valence-corrected chi connectivity index (χ2v) is 4.09. The number of thioether (sulfide) groups is 1. The maximum atomic E-state index is 10.8. The van der Waals surface area contributed by atoms with Gasteiger partial charge in [0.05, 0.1) is 0 Å².